The molecule has 0 saturated heterocycles. The summed E-state index contributed by atoms with van der Waals surface area (Å²) in [5.74, 6) is 0.997. The molecular formula is C14H27NO. The third-order valence-corrected chi connectivity index (χ3v) is 4.36. The first-order valence-electron chi connectivity index (χ1n) is 6.99. The minimum Gasteiger partial charge on any atom is -0.378 e. The molecule has 0 aromatic heterocycles. The second-order valence-corrected chi connectivity index (χ2v) is 6.16. The average Bonchev–Trinajstić information content (AvgIpc) is 3.05. The topological polar surface area (TPSA) is 21.3 Å². The molecule has 2 rings (SSSR count). The van der Waals surface area contributed by atoms with Crippen LogP contribution in [0.2, 0.25) is 0 Å². The molecule has 2 aliphatic rings. The van der Waals surface area contributed by atoms with Gasteiger partial charge in [-0.2, -0.15) is 0 Å². The summed E-state index contributed by atoms with van der Waals surface area (Å²) in [5, 5.41) is 3.62. The number of hydrogen-bond donors (Lipinski definition) is 1. The van der Waals surface area contributed by atoms with Crippen molar-refractivity contribution in [2.24, 2.45) is 11.3 Å². The van der Waals surface area contributed by atoms with Crippen LogP contribution in [0, 0.1) is 11.3 Å². The van der Waals surface area contributed by atoms with Gasteiger partial charge in [-0.05, 0) is 31.7 Å². The third kappa shape index (κ3) is 2.78. The van der Waals surface area contributed by atoms with Gasteiger partial charge in [-0.25, -0.2) is 0 Å². The molecule has 0 aromatic rings. The van der Waals surface area contributed by atoms with Gasteiger partial charge in [0, 0.05) is 18.1 Å². The van der Waals surface area contributed by atoms with Crippen LogP contribution in [-0.2, 0) is 4.74 Å². The van der Waals surface area contributed by atoms with Crippen LogP contribution in [0.5, 0.6) is 0 Å². The molecule has 2 nitrogen and oxygen atoms in total. The number of rotatable bonds is 7. The van der Waals surface area contributed by atoms with E-state index in [1.54, 1.807) is 0 Å². The standard InChI is InChI=1S/C14H27NO/c1-4-8-15-12-10-13(14(12,2)3)16-9-7-11-5-6-11/h11-13,15H,4-10H2,1-3H3. The van der Waals surface area contributed by atoms with Gasteiger partial charge in [0.2, 0.25) is 0 Å². The van der Waals surface area contributed by atoms with E-state index in [9.17, 15) is 0 Å². The highest BCUT2D eigenvalue weighted by molar-refractivity contribution is 5.02. The van der Waals surface area contributed by atoms with Gasteiger partial charge in [-0.1, -0.05) is 33.6 Å². The normalized spacial score (nSPS) is 32.4. The summed E-state index contributed by atoms with van der Waals surface area (Å²) in [7, 11) is 0. The lowest BCUT2D eigenvalue weighted by Crippen LogP contribution is -2.61. The minimum absolute atomic E-state index is 0.332. The van der Waals surface area contributed by atoms with E-state index in [4.69, 9.17) is 4.74 Å². The molecular weight excluding hydrogens is 198 g/mol. The van der Waals surface area contributed by atoms with Gasteiger partial charge in [-0.3, -0.25) is 0 Å². The fraction of sp³-hybridized carbons (Fsp3) is 1.00. The lowest BCUT2D eigenvalue weighted by Gasteiger charge is -2.52. The van der Waals surface area contributed by atoms with Crippen molar-refractivity contribution in [3.05, 3.63) is 0 Å². The summed E-state index contributed by atoms with van der Waals surface area (Å²) in [6, 6.07) is 0.665. The molecule has 0 aliphatic heterocycles. The molecule has 2 unspecified atom stereocenters. The van der Waals surface area contributed by atoms with Crippen molar-refractivity contribution in [1.82, 2.24) is 5.32 Å². The summed E-state index contributed by atoms with van der Waals surface area (Å²) in [5.41, 5.74) is 0.332. The predicted molar refractivity (Wildman–Crippen MR) is 67.6 cm³/mol. The van der Waals surface area contributed by atoms with E-state index in [0.717, 1.165) is 19.1 Å². The smallest absolute Gasteiger partial charge is 0.0655 e. The maximum Gasteiger partial charge on any atom is 0.0655 e. The van der Waals surface area contributed by atoms with Gasteiger partial charge in [0.25, 0.3) is 0 Å². The van der Waals surface area contributed by atoms with Crippen LogP contribution in [-0.4, -0.2) is 25.3 Å². The molecule has 2 atom stereocenters. The lowest BCUT2D eigenvalue weighted by molar-refractivity contribution is -0.118. The second-order valence-electron chi connectivity index (χ2n) is 6.16. The molecule has 0 aromatic carbocycles. The highest BCUT2D eigenvalue weighted by Crippen LogP contribution is 2.43. The van der Waals surface area contributed by atoms with Crippen molar-refractivity contribution < 1.29 is 4.74 Å². The van der Waals surface area contributed by atoms with Gasteiger partial charge in [0.05, 0.1) is 6.10 Å². The second kappa shape index (κ2) is 5.05. The van der Waals surface area contributed by atoms with E-state index in [2.05, 4.69) is 26.1 Å². The zero-order chi connectivity index (χ0) is 11.6. The van der Waals surface area contributed by atoms with Crippen LogP contribution in [0.25, 0.3) is 0 Å². The summed E-state index contributed by atoms with van der Waals surface area (Å²) in [4.78, 5) is 0. The first-order chi connectivity index (χ1) is 7.64. The van der Waals surface area contributed by atoms with E-state index in [1.165, 1.54) is 32.1 Å². The molecule has 2 saturated carbocycles. The van der Waals surface area contributed by atoms with E-state index < -0.39 is 0 Å². The summed E-state index contributed by atoms with van der Waals surface area (Å²) >= 11 is 0. The first kappa shape index (κ1) is 12.4. The maximum absolute atomic E-state index is 6.01. The van der Waals surface area contributed by atoms with Crippen LogP contribution in [0.15, 0.2) is 0 Å². The molecule has 16 heavy (non-hydrogen) atoms. The Hall–Kier alpha value is -0.0800. The molecule has 0 spiro atoms. The zero-order valence-electron chi connectivity index (χ0n) is 11.1. The number of nitrogens with one attached hydrogen (secondary N) is 1. The molecule has 1 N–H and O–H groups in total. The first-order valence-corrected chi connectivity index (χ1v) is 6.99. The lowest BCUT2D eigenvalue weighted by atomic mass is 9.64. The summed E-state index contributed by atoms with van der Waals surface area (Å²) in [6.07, 6.45) is 7.09. The third-order valence-electron chi connectivity index (χ3n) is 4.36. The van der Waals surface area contributed by atoms with Crippen molar-refractivity contribution in [2.75, 3.05) is 13.2 Å². The Morgan fingerprint density at radius 2 is 2.06 bits per heavy atom. The molecule has 94 valence electrons. The van der Waals surface area contributed by atoms with Crippen molar-refractivity contribution >= 4 is 0 Å². The monoisotopic (exact) mass is 225 g/mol. The zero-order valence-corrected chi connectivity index (χ0v) is 11.1. The molecule has 2 aliphatic carbocycles. The van der Waals surface area contributed by atoms with E-state index in [0.29, 0.717) is 17.6 Å². The molecule has 0 amide bonds. The van der Waals surface area contributed by atoms with Crippen LogP contribution >= 0.6 is 0 Å². The minimum atomic E-state index is 0.332. The van der Waals surface area contributed by atoms with Crippen LogP contribution < -0.4 is 5.32 Å². The van der Waals surface area contributed by atoms with Crippen LogP contribution in [0.4, 0.5) is 0 Å². The van der Waals surface area contributed by atoms with Gasteiger partial charge < -0.3 is 10.1 Å². The highest BCUT2D eigenvalue weighted by Gasteiger charge is 2.48. The fourth-order valence-corrected chi connectivity index (χ4v) is 2.62. The van der Waals surface area contributed by atoms with E-state index in [-0.39, 0.29) is 0 Å². The fourth-order valence-electron chi connectivity index (χ4n) is 2.62. The molecule has 0 bridgehead atoms. The van der Waals surface area contributed by atoms with Gasteiger partial charge in [-0.15, -0.1) is 0 Å². The van der Waals surface area contributed by atoms with Gasteiger partial charge in [0.15, 0.2) is 0 Å². The van der Waals surface area contributed by atoms with Crippen molar-refractivity contribution in [2.45, 2.75) is 65.0 Å². The predicted octanol–water partition coefficient (Wildman–Crippen LogP) is 2.97. The highest BCUT2D eigenvalue weighted by atomic mass is 16.5. The maximum atomic E-state index is 6.01. The summed E-state index contributed by atoms with van der Waals surface area (Å²) < 4.78 is 6.01. The van der Waals surface area contributed by atoms with Gasteiger partial charge in [0.1, 0.15) is 0 Å². The summed E-state index contributed by atoms with van der Waals surface area (Å²) in [6.45, 7) is 9.03. The van der Waals surface area contributed by atoms with E-state index >= 15 is 0 Å². The average molecular weight is 225 g/mol. The number of hydrogen-bond acceptors (Lipinski definition) is 2. The SMILES string of the molecule is CCCNC1CC(OCCC2CC2)C1(C)C. The Balaban J connectivity index is 1.63. The van der Waals surface area contributed by atoms with E-state index in [1.807, 2.05) is 0 Å². The number of ether oxygens (including phenoxy) is 1. The van der Waals surface area contributed by atoms with Crippen molar-refractivity contribution in [1.29, 1.82) is 0 Å². The molecule has 0 heterocycles. The Morgan fingerprint density at radius 1 is 1.31 bits per heavy atom. The molecule has 2 fully saturated rings. The molecule has 2 heteroatoms. The van der Waals surface area contributed by atoms with Crippen molar-refractivity contribution in [3.8, 4) is 0 Å². The Kier molecular flexibility index (Phi) is 3.91. The largest absolute Gasteiger partial charge is 0.378 e. The van der Waals surface area contributed by atoms with Crippen LogP contribution in [0.1, 0.15) is 52.9 Å². The Labute approximate surface area is 100 Å². The van der Waals surface area contributed by atoms with Gasteiger partial charge >= 0.3 is 0 Å². The Bertz CT molecular complexity index is 223. The quantitative estimate of drug-likeness (QED) is 0.719. The Morgan fingerprint density at radius 3 is 2.62 bits per heavy atom. The molecule has 0 radical (unpaired) electrons. The van der Waals surface area contributed by atoms with Crippen LogP contribution in [0.3, 0.4) is 0 Å². The van der Waals surface area contributed by atoms with Crippen molar-refractivity contribution in [3.63, 3.8) is 0 Å².